The molecule has 0 spiro atoms. The molecule has 0 atom stereocenters. The highest BCUT2D eigenvalue weighted by Gasteiger charge is 2.10. The Labute approximate surface area is 128 Å². The average Bonchev–Trinajstić information content (AvgIpc) is 2.89. The van der Waals surface area contributed by atoms with E-state index < -0.39 is 0 Å². The molecule has 106 valence electrons. The van der Waals surface area contributed by atoms with E-state index in [-0.39, 0.29) is 0 Å². The normalized spacial score (nSPS) is 10.6. The van der Waals surface area contributed by atoms with Crippen molar-refractivity contribution in [3.63, 3.8) is 0 Å². The molecule has 3 nitrogen and oxygen atoms in total. The Bertz CT molecular complexity index is 815. The van der Waals surface area contributed by atoms with Crippen molar-refractivity contribution in [2.24, 2.45) is 0 Å². The van der Waals surface area contributed by atoms with Crippen molar-refractivity contribution in [2.75, 3.05) is 7.11 Å². The van der Waals surface area contributed by atoms with Crippen molar-refractivity contribution in [1.82, 2.24) is 9.55 Å². The van der Waals surface area contributed by atoms with E-state index in [2.05, 4.69) is 28.6 Å². The summed E-state index contributed by atoms with van der Waals surface area (Å²) in [6, 6.07) is 16.2. The number of imidazole rings is 1. The number of aryl methyl sites for hydroxylation is 1. The molecular weight excluding hydrogens is 280 g/mol. The van der Waals surface area contributed by atoms with Crippen LogP contribution in [0.3, 0.4) is 0 Å². The maximum absolute atomic E-state index is 5.45. The van der Waals surface area contributed by atoms with Crippen molar-refractivity contribution in [2.45, 2.75) is 6.92 Å². The van der Waals surface area contributed by atoms with Crippen molar-refractivity contribution >= 4 is 12.2 Å². The number of hydrogen-bond donors (Lipinski definition) is 1. The highest BCUT2D eigenvalue weighted by atomic mass is 32.1. The van der Waals surface area contributed by atoms with Gasteiger partial charge in [-0.1, -0.05) is 18.2 Å². The number of ether oxygens (including phenoxy) is 1. The SMILES string of the molecule is COc1ccc(-c2c[nH]c(=S)n2-c2ccccc2C)cc1. The van der Waals surface area contributed by atoms with Gasteiger partial charge in [-0.3, -0.25) is 4.57 Å². The van der Waals surface area contributed by atoms with E-state index in [4.69, 9.17) is 17.0 Å². The van der Waals surface area contributed by atoms with Gasteiger partial charge < -0.3 is 9.72 Å². The van der Waals surface area contributed by atoms with Crippen LogP contribution in [0.5, 0.6) is 5.75 Å². The number of aromatic amines is 1. The molecule has 1 heterocycles. The largest absolute Gasteiger partial charge is 0.497 e. The summed E-state index contributed by atoms with van der Waals surface area (Å²) >= 11 is 5.45. The molecule has 0 saturated carbocycles. The predicted octanol–water partition coefficient (Wildman–Crippen LogP) is 4.52. The van der Waals surface area contributed by atoms with E-state index in [0.717, 1.165) is 22.7 Å². The van der Waals surface area contributed by atoms with Crippen LogP contribution in [0.4, 0.5) is 0 Å². The number of nitrogens with zero attached hydrogens (tertiary/aromatic N) is 1. The fourth-order valence-corrected chi connectivity index (χ4v) is 2.65. The first-order valence-electron chi connectivity index (χ1n) is 6.71. The number of H-pyrrole nitrogens is 1. The van der Waals surface area contributed by atoms with E-state index in [1.807, 2.05) is 42.6 Å². The van der Waals surface area contributed by atoms with Gasteiger partial charge >= 0.3 is 0 Å². The zero-order valence-corrected chi connectivity index (χ0v) is 12.8. The van der Waals surface area contributed by atoms with Crippen LogP contribution in [0.2, 0.25) is 0 Å². The van der Waals surface area contributed by atoms with E-state index in [0.29, 0.717) is 4.77 Å². The fourth-order valence-electron chi connectivity index (χ4n) is 2.40. The lowest BCUT2D eigenvalue weighted by Gasteiger charge is -2.11. The van der Waals surface area contributed by atoms with Crippen molar-refractivity contribution in [1.29, 1.82) is 0 Å². The second-order valence-corrected chi connectivity index (χ2v) is 5.22. The molecule has 0 bridgehead atoms. The zero-order valence-electron chi connectivity index (χ0n) is 12.0. The monoisotopic (exact) mass is 296 g/mol. The number of hydrogen-bond acceptors (Lipinski definition) is 2. The maximum atomic E-state index is 5.45. The van der Waals surface area contributed by atoms with Gasteiger partial charge in [0.2, 0.25) is 0 Å². The number of benzene rings is 2. The smallest absolute Gasteiger partial charge is 0.182 e. The zero-order chi connectivity index (χ0) is 14.8. The molecule has 1 N–H and O–H groups in total. The highest BCUT2D eigenvalue weighted by Crippen LogP contribution is 2.26. The molecule has 4 heteroatoms. The van der Waals surface area contributed by atoms with Crippen molar-refractivity contribution in [3.8, 4) is 22.7 Å². The summed E-state index contributed by atoms with van der Waals surface area (Å²) in [5.74, 6) is 0.843. The van der Waals surface area contributed by atoms with E-state index in [9.17, 15) is 0 Å². The van der Waals surface area contributed by atoms with Crippen LogP contribution in [-0.2, 0) is 0 Å². The number of methoxy groups -OCH3 is 1. The van der Waals surface area contributed by atoms with E-state index in [1.165, 1.54) is 5.56 Å². The molecule has 0 amide bonds. The van der Waals surface area contributed by atoms with Crippen LogP contribution in [0.1, 0.15) is 5.56 Å². The summed E-state index contributed by atoms with van der Waals surface area (Å²) in [6.45, 7) is 2.09. The molecule has 21 heavy (non-hydrogen) atoms. The Balaban J connectivity index is 2.17. The first-order chi connectivity index (χ1) is 10.2. The molecule has 0 saturated heterocycles. The summed E-state index contributed by atoms with van der Waals surface area (Å²) in [5, 5.41) is 0. The average molecular weight is 296 g/mol. The number of rotatable bonds is 3. The van der Waals surface area contributed by atoms with Gasteiger partial charge in [0.1, 0.15) is 5.75 Å². The first kappa shape index (κ1) is 13.6. The van der Waals surface area contributed by atoms with Gasteiger partial charge in [-0.2, -0.15) is 0 Å². The second-order valence-electron chi connectivity index (χ2n) is 4.83. The van der Waals surface area contributed by atoms with E-state index in [1.54, 1.807) is 7.11 Å². The van der Waals surface area contributed by atoms with E-state index >= 15 is 0 Å². The van der Waals surface area contributed by atoms with Crippen molar-refractivity contribution in [3.05, 3.63) is 65.1 Å². The summed E-state index contributed by atoms with van der Waals surface area (Å²) in [4.78, 5) is 3.14. The minimum Gasteiger partial charge on any atom is -0.497 e. The highest BCUT2D eigenvalue weighted by molar-refractivity contribution is 7.71. The molecule has 2 aromatic carbocycles. The lowest BCUT2D eigenvalue weighted by atomic mass is 10.1. The molecule has 0 unspecified atom stereocenters. The van der Waals surface area contributed by atoms with Gasteiger partial charge in [0.25, 0.3) is 0 Å². The lowest BCUT2D eigenvalue weighted by molar-refractivity contribution is 0.415. The van der Waals surface area contributed by atoms with Crippen LogP contribution in [0.15, 0.2) is 54.7 Å². The molecule has 3 rings (SSSR count). The van der Waals surface area contributed by atoms with Crippen molar-refractivity contribution < 1.29 is 4.74 Å². The third-order valence-electron chi connectivity index (χ3n) is 3.52. The molecule has 0 aliphatic rings. The minimum absolute atomic E-state index is 0.690. The first-order valence-corrected chi connectivity index (χ1v) is 7.12. The third-order valence-corrected chi connectivity index (χ3v) is 3.82. The molecule has 1 aromatic heterocycles. The number of para-hydroxylation sites is 1. The Morgan fingerprint density at radius 3 is 2.43 bits per heavy atom. The lowest BCUT2D eigenvalue weighted by Crippen LogP contribution is -1.99. The molecule has 0 aliphatic carbocycles. The minimum atomic E-state index is 0.690. The number of nitrogens with one attached hydrogen (secondary N) is 1. The van der Waals surface area contributed by atoms with Gasteiger partial charge in [-0.25, -0.2) is 0 Å². The second kappa shape index (κ2) is 5.58. The Morgan fingerprint density at radius 1 is 1.05 bits per heavy atom. The molecule has 0 fully saturated rings. The van der Waals surface area contributed by atoms with Gasteiger partial charge in [0, 0.05) is 11.8 Å². The van der Waals surface area contributed by atoms with Crippen LogP contribution < -0.4 is 4.74 Å². The van der Waals surface area contributed by atoms with Crippen LogP contribution >= 0.6 is 12.2 Å². The van der Waals surface area contributed by atoms with Gasteiger partial charge in [-0.05, 0) is 55.0 Å². The Morgan fingerprint density at radius 2 is 1.76 bits per heavy atom. The molecule has 0 radical (unpaired) electrons. The van der Waals surface area contributed by atoms with Crippen LogP contribution in [-0.4, -0.2) is 16.7 Å². The van der Waals surface area contributed by atoms with Gasteiger partial charge in [0.15, 0.2) is 4.77 Å². The quantitative estimate of drug-likeness (QED) is 0.720. The molecule has 3 aromatic rings. The van der Waals surface area contributed by atoms with Crippen LogP contribution in [0, 0.1) is 11.7 Å². The summed E-state index contributed by atoms with van der Waals surface area (Å²) in [7, 11) is 1.67. The topological polar surface area (TPSA) is 29.9 Å². The molecule has 0 aliphatic heterocycles. The summed E-state index contributed by atoms with van der Waals surface area (Å²) < 4.78 is 7.96. The van der Waals surface area contributed by atoms with Gasteiger partial charge in [-0.15, -0.1) is 0 Å². The standard InChI is InChI=1S/C17H16N2OS/c1-12-5-3-4-6-15(12)19-16(11-18-17(19)21)13-7-9-14(20-2)10-8-13/h3-11H,1-2H3,(H,18,21). The maximum Gasteiger partial charge on any atom is 0.182 e. The Hall–Kier alpha value is -2.33. The summed E-state index contributed by atoms with van der Waals surface area (Å²) in [5.41, 5.74) is 4.40. The Kier molecular flexibility index (Phi) is 3.62. The fraction of sp³-hybridized carbons (Fsp3) is 0.118. The molecular formula is C17H16N2OS. The predicted molar refractivity (Wildman–Crippen MR) is 87.7 cm³/mol. The number of aromatic nitrogens is 2. The van der Waals surface area contributed by atoms with Gasteiger partial charge in [0.05, 0.1) is 18.5 Å². The van der Waals surface area contributed by atoms with Crippen LogP contribution in [0.25, 0.3) is 16.9 Å². The third kappa shape index (κ3) is 2.50. The summed E-state index contributed by atoms with van der Waals surface area (Å²) in [6.07, 6.45) is 1.94.